The van der Waals surface area contributed by atoms with Crippen LogP contribution in [0.3, 0.4) is 0 Å². The zero-order valence-electron chi connectivity index (χ0n) is 11.3. The number of rotatable bonds is 5. The lowest BCUT2D eigenvalue weighted by Gasteiger charge is -2.14. The van der Waals surface area contributed by atoms with Crippen LogP contribution < -0.4 is 15.4 Å². The van der Waals surface area contributed by atoms with Gasteiger partial charge in [-0.15, -0.1) is 12.3 Å². The van der Waals surface area contributed by atoms with E-state index in [-0.39, 0.29) is 17.3 Å². The highest BCUT2D eigenvalue weighted by Crippen LogP contribution is 2.25. The van der Waals surface area contributed by atoms with E-state index in [4.69, 9.17) is 16.3 Å². The van der Waals surface area contributed by atoms with Crippen molar-refractivity contribution in [2.75, 3.05) is 12.4 Å². The molecule has 1 aromatic rings. The predicted molar refractivity (Wildman–Crippen MR) is 75.0 cm³/mol. The van der Waals surface area contributed by atoms with E-state index in [1.54, 1.807) is 6.92 Å². The highest BCUT2D eigenvalue weighted by atomic mass is 16.5. The molecule has 0 aliphatic heterocycles. The van der Waals surface area contributed by atoms with Gasteiger partial charge >= 0.3 is 12.0 Å². The first-order valence-electron chi connectivity index (χ1n) is 5.90. The van der Waals surface area contributed by atoms with E-state index in [1.165, 1.54) is 25.3 Å². The first-order chi connectivity index (χ1) is 9.47. The molecule has 0 aromatic heterocycles. The van der Waals surface area contributed by atoms with Crippen LogP contribution in [-0.2, 0) is 0 Å². The summed E-state index contributed by atoms with van der Waals surface area (Å²) in [6, 6.07) is 3.53. The molecule has 0 radical (unpaired) electrons. The highest BCUT2D eigenvalue weighted by Gasteiger charge is 2.12. The van der Waals surface area contributed by atoms with Crippen LogP contribution in [0.25, 0.3) is 0 Å². The van der Waals surface area contributed by atoms with Crippen molar-refractivity contribution in [2.45, 2.75) is 19.4 Å². The van der Waals surface area contributed by atoms with Gasteiger partial charge < -0.3 is 20.5 Å². The van der Waals surface area contributed by atoms with Crippen LogP contribution in [0.5, 0.6) is 5.75 Å². The number of ether oxygens (including phenoxy) is 1. The number of methoxy groups -OCH3 is 1. The fraction of sp³-hybridized carbons (Fsp3) is 0.286. The minimum absolute atomic E-state index is 0.0535. The topological polar surface area (TPSA) is 87.7 Å². The van der Waals surface area contributed by atoms with Crippen molar-refractivity contribution in [3.05, 3.63) is 23.8 Å². The lowest BCUT2D eigenvalue weighted by molar-refractivity contribution is 0.0697. The van der Waals surface area contributed by atoms with Crippen LogP contribution in [0.4, 0.5) is 10.5 Å². The van der Waals surface area contributed by atoms with E-state index >= 15 is 0 Å². The third-order valence-corrected chi connectivity index (χ3v) is 2.50. The minimum Gasteiger partial charge on any atom is -0.495 e. The van der Waals surface area contributed by atoms with Gasteiger partial charge in [-0.2, -0.15) is 0 Å². The van der Waals surface area contributed by atoms with Crippen LogP contribution in [0.15, 0.2) is 18.2 Å². The molecule has 6 nitrogen and oxygen atoms in total. The molecule has 0 saturated carbocycles. The third-order valence-electron chi connectivity index (χ3n) is 2.50. The summed E-state index contributed by atoms with van der Waals surface area (Å²) in [5.41, 5.74) is 0.329. The molecule has 6 heteroatoms. The van der Waals surface area contributed by atoms with E-state index in [1.807, 2.05) is 0 Å². The van der Waals surface area contributed by atoms with Crippen molar-refractivity contribution in [1.29, 1.82) is 0 Å². The van der Waals surface area contributed by atoms with Crippen molar-refractivity contribution < 1.29 is 19.4 Å². The Hall–Kier alpha value is -2.68. The van der Waals surface area contributed by atoms with Gasteiger partial charge in [0.05, 0.1) is 18.4 Å². The largest absolute Gasteiger partial charge is 0.495 e. The maximum Gasteiger partial charge on any atom is 0.335 e. The van der Waals surface area contributed by atoms with E-state index in [9.17, 15) is 9.59 Å². The summed E-state index contributed by atoms with van der Waals surface area (Å²) < 4.78 is 5.07. The Labute approximate surface area is 117 Å². The Morgan fingerprint density at radius 3 is 2.75 bits per heavy atom. The van der Waals surface area contributed by atoms with Crippen molar-refractivity contribution >= 4 is 17.7 Å². The molecule has 1 rings (SSSR count). The van der Waals surface area contributed by atoms with E-state index in [0.717, 1.165) is 0 Å². The SMILES string of the molecule is C#CCC(C)NC(=O)Nc1cc(C(=O)O)ccc1OC. The number of anilines is 1. The van der Waals surface area contributed by atoms with E-state index < -0.39 is 12.0 Å². The van der Waals surface area contributed by atoms with Gasteiger partial charge in [-0.25, -0.2) is 9.59 Å². The molecule has 106 valence electrons. The Morgan fingerprint density at radius 1 is 1.50 bits per heavy atom. The second kappa shape index (κ2) is 7.04. The lowest BCUT2D eigenvalue weighted by atomic mass is 10.2. The summed E-state index contributed by atoms with van der Waals surface area (Å²) in [7, 11) is 1.43. The fourth-order valence-corrected chi connectivity index (χ4v) is 1.55. The monoisotopic (exact) mass is 276 g/mol. The molecule has 0 spiro atoms. The molecule has 0 heterocycles. The van der Waals surface area contributed by atoms with Gasteiger partial charge in [-0.3, -0.25) is 0 Å². The molecule has 0 aliphatic rings. The maximum absolute atomic E-state index is 11.8. The number of aromatic carboxylic acids is 1. The number of hydrogen-bond acceptors (Lipinski definition) is 3. The maximum atomic E-state index is 11.8. The summed E-state index contributed by atoms with van der Waals surface area (Å²) in [4.78, 5) is 22.7. The first kappa shape index (κ1) is 15.4. The van der Waals surface area contributed by atoms with Gasteiger partial charge in [0, 0.05) is 12.5 Å². The van der Waals surface area contributed by atoms with Gasteiger partial charge in [0.2, 0.25) is 0 Å². The number of hydrogen-bond donors (Lipinski definition) is 3. The average molecular weight is 276 g/mol. The number of terminal acetylenes is 1. The zero-order chi connectivity index (χ0) is 15.1. The van der Waals surface area contributed by atoms with Crippen molar-refractivity contribution in [2.24, 2.45) is 0 Å². The first-order valence-corrected chi connectivity index (χ1v) is 5.90. The summed E-state index contributed by atoms with van der Waals surface area (Å²) >= 11 is 0. The molecule has 0 bridgehead atoms. The third kappa shape index (κ3) is 4.21. The van der Waals surface area contributed by atoms with E-state index in [0.29, 0.717) is 12.2 Å². The molecule has 3 N–H and O–H groups in total. The molecular weight excluding hydrogens is 260 g/mol. The molecule has 0 fully saturated rings. The lowest BCUT2D eigenvalue weighted by Crippen LogP contribution is -2.35. The van der Waals surface area contributed by atoms with Crippen LogP contribution in [0.2, 0.25) is 0 Å². The van der Waals surface area contributed by atoms with Crippen molar-refractivity contribution in [3.8, 4) is 18.1 Å². The summed E-state index contributed by atoms with van der Waals surface area (Å²) in [5, 5.41) is 14.1. The van der Waals surface area contributed by atoms with E-state index in [2.05, 4.69) is 16.6 Å². The fourth-order valence-electron chi connectivity index (χ4n) is 1.55. The molecule has 20 heavy (non-hydrogen) atoms. The molecule has 1 unspecified atom stereocenters. The zero-order valence-corrected chi connectivity index (χ0v) is 11.3. The summed E-state index contributed by atoms with van der Waals surface area (Å²) in [6.07, 6.45) is 5.55. The molecule has 0 aliphatic carbocycles. The molecule has 2 amide bonds. The van der Waals surface area contributed by atoms with Crippen LogP contribution in [0, 0.1) is 12.3 Å². The Kier molecular flexibility index (Phi) is 5.42. The van der Waals surface area contributed by atoms with Crippen LogP contribution >= 0.6 is 0 Å². The summed E-state index contributed by atoms with van der Waals surface area (Å²) in [6.45, 7) is 1.77. The van der Waals surface area contributed by atoms with Crippen molar-refractivity contribution in [3.63, 3.8) is 0 Å². The number of nitrogens with one attached hydrogen (secondary N) is 2. The van der Waals surface area contributed by atoms with Gasteiger partial charge in [0.15, 0.2) is 0 Å². The van der Waals surface area contributed by atoms with Gasteiger partial charge in [0.1, 0.15) is 5.75 Å². The number of carbonyl (C=O) groups excluding carboxylic acids is 1. The summed E-state index contributed by atoms with van der Waals surface area (Å²) in [5.74, 6) is 1.72. The predicted octanol–water partition coefficient (Wildman–Crippen LogP) is 1.93. The smallest absolute Gasteiger partial charge is 0.335 e. The molecular formula is C14H16N2O4. The van der Waals surface area contributed by atoms with Crippen molar-refractivity contribution in [1.82, 2.24) is 5.32 Å². The Bertz CT molecular complexity index is 549. The number of benzene rings is 1. The molecule has 0 saturated heterocycles. The van der Waals surface area contributed by atoms with Crippen LogP contribution in [-0.4, -0.2) is 30.3 Å². The quantitative estimate of drug-likeness (QED) is 0.717. The van der Waals surface area contributed by atoms with Crippen LogP contribution in [0.1, 0.15) is 23.7 Å². The number of carboxylic acids is 1. The normalized spacial score (nSPS) is 11.1. The Balaban J connectivity index is 2.84. The van der Waals surface area contributed by atoms with Gasteiger partial charge in [-0.05, 0) is 25.1 Å². The minimum atomic E-state index is -1.09. The standard InChI is InChI=1S/C14H16N2O4/c1-4-5-9(2)15-14(19)16-11-8-10(13(17)18)6-7-12(11)20-3/h1,6-9H,5H2,2-3H3,(H,17,18)(H2,15,16,19). The number of carbonyl (C=O) groups is 2. The highest BCUT2D eigenvalue weighted by molar-refractivity contribution is 5.94. The van der Waals surface area contributed by atoms with Gasteiger partial charge in [0.25, 0.3) is 0 Å². The number of amides is 2. The number of carboxylic acid groups (broad SMARTS) is 1. The Morgan fingerprint density at radius 2 is 2.20 bits per heavy atom. The molecule has 1 aromatic carbocycles. The van der Waals surface area contributed by atoms with Gasteiger partial charge in [-0.1, -0.05) is 0 Å². The number of urea groups is 1. The average Bonchev–Trinajstić information content (AvgIpc) is 2.38. The second-order valence-electron chi connectivity index (χ2n) is 4.13. The second-order valence-corrected chi connectivity index (χ2v) is 4.13. The molecule has 1 atom stereocenters.